The first-order valence-corrected chi connectivity index (χ1v) is 7.19. The van der Waals surface area contributed by atoms with Gasteiger partial charge in [-0.1, -0.05) is 0 Å². The fourth-order valence-electron chi connectivity index (χ4n) is 1.61. The summed E-state index contributed by atoms with van der Waals surface area (Å²) in [6.45, 7) is -0.569. The van der Waals surface area contributed by atoms with E-state index in [9.17, 15) is 19.5 Å². The van der Waals surface area contributed by atoms with Gasteiger partial charge >= 0.3 is 17.9 Å². The van der Waals surface area contributed by atoms with Crippen LogP contribution in [-0.4, -0.2) is 114 Å². The summed E-state index contributed by atoms with van der Waals surface area (Å²) in [6, 6.07) is 0. The molecule has 4 atom stereocenters. The van der Waals surface area contributed by atoms with Crippen LogP contribution >= 0.6 is 24.8 Å². The summed E-state index contributed by atoms with van der Waals surface area (Å²) in [6.07, 6.45) is -7.94. The van der Waals surface area contributed by atoms with Crippen LogP contribution in [0.4, 0.5) is 0 Å². The second kappa shape index (κ2) is 23.3. The van der Waals surface area contributed by atoms with Crippen molar-refractivity contribution in [3.63, 3.8) is 0 Å². The van der Waals surface area contributed by atoms with Crippen molar-refractivity contribution in [2.45, 2.75) is 42.9 Å². The first kappa shape index (κ1) is 47.4. The number of carbonyl (C=O) groups is 3. The lowest BCUT2D eigenvalue weighted by atomic mass is 9.96. The average molecular weight is 511 g/mol. The minimum atomic E-state index is -2.74. The summed E-state index contributed by atoms with van der Waals surface area (Å²) in [5.41, 5.74) is -2.74. The van der Waals surface area contributed by atoms with E-state index in [-0.39, 0.29) is 49.8 Å². The molecule has 0 aromatic carbocycles. The van der Waals surface area contributed by atoms with E-state index in [2.05, 4.69) is 5.32 Å². The molecule has 16 nitrogen and oxygen atoms in total. The van der Waals surface area contributed by atoms with Crippen LogP contribution in [0.2, 0.25) is 0 Å². The van der Waals surface area contributed by atoms with Crippen molar-refractivity contribution in [1.82, 2.24) is 23.8 Å². The number of carboxylic acids is 3. The zero-order valence-electron chi connectivity index (χ0n) is 16.8. The zero-order chi connectivity index (χ0) is 21.1. The van der Waals surface area contributed by atoms with Crippen molar-refractivity contribution < 1.29 is 60.3 Å². The van der Waals surface area contributed by atoms with E-state index in [4.69, 9.17) is 40.9 Å². The molecule has 0 saturated carbocycles. The molecule has 0 fully saturated rings. The van der Waals surface area contributed by atoms with Gasteiger partial charge < -0.3 is 69.7 Å². The van der Waals surface area contributed by atoms with Gasteiger partial charge in [-0.15, -0.1) is 24.8 Å². The van der Waals surface area contributed by atoms with Gasteiger partial charge in [-0.3, -0.25) is 9.59 Å². The lowest BCUT2D eigenvalue weighted by Crippen LogP contribution is -2.48. The van der Waals surface area contributed by atoms with Gasteiger partial charge in [-0.25, -0.2) is 4.79 Å². The van der Waals surface area contributed by atoms with Gasteiger partial charge in [0.25, 0.3) is 0 Å². The van der Waals surface area contributed by atoms with E-state index in [1.54, 1.807) is 7.05 Å². The Labute approximate surface area is 190 Å². The molecule has 0 aliphatic rings. The molecule has 0 spiro atoms. The van der Waals surface area contributed by atoms with E-state index in [1.165, 1.54) is 0 Å². The summed E-state index contributed by atoms with van der Waals surface area (Å²) in [5, 5.41) is 81.3. The summed E-state index contributed by atoms with van der Waals surface area (Å²) in [5.74, 6) is -5.02. The predicted octanol–water partition coefficient (Wildman–Crippen LogP) is -3.28. The third kappa shape index (κ3) is 20.3. The van der Waals surface area contributed by atoms with E-state index in [1.807, 2.05) is 0 Å². The van der Waals surface area contributed by atoms with Crippen molar-refractivity contribution in [2.75, 3.05) is 20.2 Å². The quantitative estimate of drug-likeness (QED) is 0.129. The number of nitrogens with one attached hydrogen (secondary N) is 1. The highest BCUT2D eigenvalue weighted by molar-refractivity contribution is 5.88. The van der Waals surface area contributed by atoms with Crippen LogP contribution in [0.5, 0.6) is 0 Å². The Bertz CT molecular complexity index is 462. The second-order valence-corrected chi connectivity index (χ2v) is 5.33. The topological polar surface area (TPSA) is 350 Å². The highest BCUT2D eigenvalue weighted by atomic mass is 35.5. The third-order valence-corrected chi connectivity index (χ3v) is 3.02. The number of aliphatic hydroxyl groups excluding tert-OH is 5. The van der Waals surface area contributed by atoms with Crippen LogP contribution in [0.3, 0.4) is 0 Å². The van der Waals surface area contributed by atoms with Crippen LogP contribution in [0, 0.1) is 0 Å². The maximum Gasteiger partial charge on any atom is 0.336 e. The average Bonchev–Trinajstić information content (AvgIpc) is 2.51. The van der Waals surface area contributed by atoms with Gasteiger partial charge in [-0.2, -0.15) is 0 Å². The van der Waals surface area contributed by atoms with E-state index in [0.717, 1.165) is 0 Å². The van der Waals surface area contributed by atoms with E-state index >= 15 is 0 Å². The van der Waals surface area contributed by atoms with Gasteiger partial charge in [0, 0.05) is 6.54 Å². The molecule has 0 aliphatic heterocycles. The van der Waals surface area contributed by atoms with Gasteiger partial charge in [0.2, 0.25) is 0 Å². The lowest BCUT2D eigenvalue weighted by Gasteiger charge is -2.25. The number of aliphatic carboxylic acids is 3. The molecule has 0 radical (unpaired) electrons. The summed E-state index contributed by atoms with van der Waals surface area (Å²) in [4.78, 5) is 30.5. The number of aliphatic hydroxyl groups is 6. The molecule has 0 amide bonds. The van der Waals surface area contributed by atoms with Gasteiger partial charge in [-0.05, 0) is 7.05 Å². The van der Waals surface area contributed by atoms with Gasteiger partial charge in [0.05, 0.1) is 25.6 Å². The zero-order valence-corrected chi connectivity index (χ0v) is 18.5. The number of halogens is 2. The number of carboxylic acid groups (broad SMARTS) is 3. The Morgan fingerprint density at radius 1 is 0.806 bits per heavy atom. The number of hydrogen-bond acceptors (Lipinski definition) is 13. The first-order valence-electron chi connectivity index (χ1n) is 7.19. The maximum absolute atomic E-state index is 10.3. The molecule has 31 heavy (non-hydrogen) atoms. The Morgan fingerprint density at radius 3 is 1.35 bits per heavy atom. The van der Waals surface area contributed by atoms with E-state index < -0.39 is 67.4 Å². The summed E-state index contributed by atoms with van der Waals surface area (Å²) >= 11 is 0. The third-order valence-electron chi connectivity index (χ3n) is 3.02. The smallest absolute Gasteiger partial charge is 0.336 e. The Morgan fingerprint density at radius 2 is 1.13 bits per heavy atom. The fourth-order valence-corrected chi connectivity index (χ4v) is 1.61. The highest BCUT2D eigenvalue weighted by Crippen LogP contribution is 2.15. The highest BCUT2D eigenvalue weighted by Gasteiger charge is 2.40. The first-order chi connectivity index (χ1) is 11.8. The molecule has 0 aromatic heterocycles. The lowest BCUT2D eigenvalue weighted by molar-refractivity contribution is -0.170. The van der Waals surface area contributed by atoms with Crippen molar-refractivity contribution in [3.8, 4) is 0 Å². The molecular formula is C13H36Cl2N4O12. The fraction of sp³-hybridized carbons (Fsp3) is 0.769. The maximum atomic E-state index is 10.3. The summed E-state index contributed by atoms with van der Waals surface area (Å²) in [7, 11) is 1.57. The largest absolute Gasteiger partial charge is 0.481 e. The van der Waals surface area contributed by atoms with Crippen molar-refractivity contribution in [2.24, 2.45) is 0 Å². The van der Waals surface area contributed by atoms with Crippen LogP contribution in [0.15, 0.2) is 0 Å². The predicted molar refractivity (Wildman–Crippen MR) is 112 cm³/mol. The Balaban J connectivity index is -0.0000000640. The number of likely N-dealkylation sites (N-methyl/N-ethyl adjacent to an activating group) is 1. The van der Waals surface area contributed by atoms with Gasteiger partial charge in [0.1, 0.15) is 18.3 Å². The molecule has 0 unspecified atom stereocenters. The minimum absolute atomic E-state index is 0. The monoisotopic (exact) mass is 510 g/mol. The molecule has 194 valence electrons. The molecule has 19 N–H and O–H groups in total. The van der Waals surface area contributed by atoms with Crippen LogP contribution in [0.1, 0.15) is 12.8 Å². The Kier molecular flexibility index (Phi) is 35.6. The molecular weight excluding hydrogens is 475 g/mol. The molecule has 0 bridgehead atoms. The molecule has 18 heteroatoms. The van der Waals surface area contributed by atoms with Crippen LogP contribution < -0.4 is 23.8 Å². The molecule has 0 saturated heterocycles. The van der Waals surface area contributed by atoms with Crippen molar-refractivity contribution in [3.05, 3.63) is 0 Å². The molecule has 0 aromatic rings. The van der Waals surface area contributed by atoms with Crippen molar-refractivity contribution in [1.29, 1.82) is 0 Å². The van der Waals surface area contributed by atoms with Crippen LogP contribution in [0.25, 0.3) is 0 Å². The minimum Gasteiger partial charge on any atom is -0.481 e. The van der Waals surface area contributed by atoms with Crippen LogP contribution in [-0.2, 0) is 14.4 Å². The molecule has 0 heterocycles. The van der Waals surface area contributed by atoms with Crippen molar-refractivity contribution >= 4 is 42.7 Å². The van der Waals surface area contributed by atoms with Gasteiger partial charge in [0.15, 0.2) is 5.60 Å². The molecule has 0 rings (SSSR count). The van der Waals surface area contributed by atoms with E-state index in [0.29, 0.717) is 0 Å². The second-order valence-electron chi connectivity index (χ2n) is 5.33. The standard InChI is InChI=1S/C7H17NO5.C6H8O7.2ClH.3H3N/c1-8-2-4(10)6(12)7(13)5(11)3-9;7-3(8)1-6(13,5(11)12)2-4(9)10;;;;;/h4-13H,2-3H2,1H3;13H,1-2H2,(H,7,8)(H,9,10)(H,11,12);2*1H;3*1H3/t4-,5+,6+,7+;;;;;;/m0....../s1. The number of hydrogen-bond donors (Lipinski definition) is 13. The molecule has 0 aliphatic carbocycles. The Hall–Kier alpha value is -1.41. The SMILES string of the molecule is CNC[C@H](O)[C@@H](O)[C@H](O)[C@H](O)CO.Cl.Cl.N.N.N.O=C(O)CC(O)(CC(=O)O)C(=O)O. The normalized spacial score (nSPS) is 13.3. The number of rotatable bonds is 11. The summed E-state index contributed by atoms with van der Waals surface area (Å²) < 4.78 is 0.